The lowest BCUT2D eigenvalue weighted by Crippen LogP contribution is -2.47. The van der Waals surface area contributed by atoms with Crippen molar-refractivity contribution in [3.63, 3.8) is 0 Å². The number of aryl methyl sites for hydroxylation is 1. The van der Waals surface area contributed by atoms with E-state index < -0.39 is 0 Å². The Morgan fingerprint density at radius 1 is 1.23 bits per heavy atom. The van der Waals surface area contributed by atoms with Crippen LogP contribution in [-0.2, 0) is 11.3 Å². The first-order chi connectivity index (χ1) is 15.1. The lowest BCUT2D eigenvalue weighted by molar-refractivity contribution is -0.0292. The van der Waals surface area contributed by atoms with Crippen LogP contribution in [0.2, 0.25) is 0 Å². The zero-order chi connectivity index (χ0) is 21.6. The minimum absolute atomic E-state index is 0.0530. The van der Waals surface area contributed by atoms with Gasteiger partial charge in [0.15, 0.2) is 11.6 Å². The number of rotatable bonds is 7. The summed E-state index contributed by atoms with van der Waals surface area (Å²) < 4.78 is 11.3. The van der Waals surface area contributed by atoms with Gasteiger partial charge >= 0.3 is 0 Å². The summed E-state index contributed by atoms with van der Waals surface area (Å²) in [4.78, 5) is 24.3. The molecule has 0 aliphatic carbocycles. The monoisotopic (exact) mass is 438 g/mol. The second-order valence-electron chi connectivity index (χ2n) is 7.42. The Labute approximate surface area is 186 Å². The van der Waals surface area contributed by atoms with Crippen LogP contribution < -0.4 is 5.32 Å². The minimum atomic E-state index is -0.184. The van der Waals surface area contributed by atoms with E-state index in [0.29, 0.717) is 41.0 Å². The average molecular weight is 439 g/mol. The van der Waals surface area contributed by atoms with Crippen LogP contribution in [0.5, 0.6) is 0 Å². The fourth-order valence-electron chi connectivity index (χ4n) is 3.66. The number of hydrogen-bond acceptors (Lipinski definition) is 7. The summed E-state index contributed by atoms with van der Waals surface area (Å²) in [6, 6.07) is 14.0. The molecule has 7 nitrogen and oxygen atoms in total. The Hall–Kier alpha value is -2.68. The van der Waals surface area contributed by atoms with Gasteiger partial charge in [0.1, 0.15) is 5.03 Å². The van der Waals surface area contributed by atoms with Crippen LogP contribution in [0.1, 0.15) is 21.6 Å². The summed E-state index contributed by atoms with van der Waals surface area (Å²) in [5.74, 6) is 0.881. The minimum Gasteiger partial charge on any atom is -0.461 e. The molecule has 2 aromatic heterocycles. The highest BCUT2D eigenvalue weighted by Gasteiger charge is 2.24. The number of aromatic nitrogens is 2. The van der Waals surface area contributed by atoms with Crippen molar-refractivity contribution in [3.05, 3.63) is 65.5 Å². The maximum Gasteiger partial charge on any atom is 0.255 e. The van der Waals surface area contributed by atoms with Gasteiger partial charge in [-0.15, -0.1) is 11.8 Å². The van der Waals surface area contributed by atoms with E-state index in [2.05, 4.69) is 44.5 Å². The number of furan rings is 1. The molecule has 0 radical (unpaired) electrons. The molecule has 8 heteroatoms. The van der Waals surface area contributed by atoms with Gasteiger partial charge in [-0.25, -0.2) is 9.97 Å². The van der Waals surface area contributed by atoms with E-state index in [4.69, 9.17) is 9.15 Å². The van der Waals surface area contributed by atoms with Gasteiger partial charge in [0, 0.05) is 26.2 Å². The molecular weight excluding hydrogens is 412 g/mol. The second kappa shape index (κ2) is 10.1. The Balaban J connectivity index is 1.39. The number of amides is 1. The average Bonchev–Trinajstić information content (AvgIpc) is 3.33. The van der Waals surface area contributed by atoms with Gasteiger partial charge in [0.05, 0.1) is 30.2 Å². The van der Waals surface area contributed by atoms with Crippen LogP contribution in [-0.4, -0.2) is 59.4 Å². The molecular formula is C23H26N4O3S. The third-order valence-electron chi connectivity index (χ3n) is 5.18. The first-order valence-electron chi connectivity index (χ1n) is 10.3. The quantitative estimate of drug-likeness (QED) is 0.447. The van der Waals surface area contributed by atoms with E-state index in [0.717, 1.165) is 19.6 Å². The normalized spacial score (nSPS) is 16.9. The third-order valence-corrected chi connectivity index (χ3v) is 5.86. The summed E-state index contributed by atoms with van der Waals surface area (Å²) in [5, 5.41) is 3.65. The predicted octanol–water partition coefficient (Wildman–Crippen LogP) is 3.40. The SMILES string of the molecule is CSc1nc(-c2ccco2)nc(C)c1C(=O)NCC1CN(Cc2ccccc2)CCO1. The molecule has 1 fully saturated rings. The van der Waals surface area contributed by atoms with Crippen molar-refractivity contribution in [2.24, 2.45) is 0 Å². The maximum atomic E-state index is 13.0. The number of hydrogen-bond donors (Lipinski definition) is 1. The van der Waals surface area contributed by atoms with Gasteiger partial charge in [-0.3, -0.25) is 9.69 Å². The number of nitrogens with zero attached hydrogens (tertiary/aromatic N) is 3. The Kier molecular flexibility index (Phi) is 7.01. The molecule has 31 heavy (non-hydrogen) atoms. The van der Waals surface area contributed by atoms with Crippen molar-refractivity contribution in [1.29, 1.82) is 0 Å². The number of nitrogens with one attached hydrogen (secondary N) is 1. The van der Waals surface area contributed by atoms with Crippen molar-refractivity contribution in [1.82, 2.24) is 20.2 Å². The molecule has 1 aliphatic rings. The molecule has 162 valence electrons. The first-order valence-corrected chi connectivity index (χ1v) is 11.5. The van der Waals surface area contributed by atoms with Crippen LogP contribution in [0.3, 0.4) is 0 Å². The highest BCUT2D eigenvalue weighted by Crippen LogP contribution is 2.25. The summed E-state index contributed by atoms with van der Waals surface area (Å²) >= 11 is 1.42. The van der Waals surface area contributed by atoms with Crippen molar-refractivity contribution < 1.29 is 13.9 Å². The molecule has 1 unspecified atom stereocenters. The maximum absolute atomic E-state index is 13.0. The summed E-state index contributed by atoms with van der Waals surface area (Å²) in [7, 11) is 0. The molecule has 3 aromatic rings. The number of carbonyl (C=O) groups excluding carboxylic acids is 1. The largest absolute Gasteiger partial charge is 0.461 e. The summed E-state index contributed by atoms with van der Waals surface area (Å²) in [5.41, 5.74) is 2.40. The Morgan fingerprint density at radius 2 is 2.06 bits per heavy atom. The Bertz CT molecular complexity index is 1010. The van der Waals surface area contributed by atoms with Gasteiger partial charge in [-0.05, 0) is 30.9 Å². The van der Waals surface area contributed by atoms with E-state index in [-0.39, 0.29) is 12.0 Å². The van der Waals surface area contributed by atoms with Gasteiger partial charge in [0.25, 0.3) is 5.91 Å². The second-order valence-corrected chi connectivity index (χ2v) is 8.21. The number of morpholine rings is 1. The van der Waals surface area contributed by atoms with Crippen molar-refractivity contribution >= 4 is 17.7 Å². The van der Waals surface area contributed by atoms with Crippen LogP contribution >= 0.6 is 11.8 Å². The van der Waals surface area contributed by atoms with Gasteiger partial charge < -0.3 is 14.5 Å². The number of benzene rings is 1. The molecule has 0 bridgehead atoms. The molecule has 1 N–H and O–H groups in total. The van der Waals surface area contributed by atoms with Crippen LogP contribution in [0.25, 0.3) is 11.6 Å². The van der Waals surface area contributed by atoms with Crippen LogP contribution in [0.15, 0.2) is 58.2 Å². The van der Waals surface area contributed by atoms with E-state index in [1.54, 1.807) is 18.4 Å². The number of ether oxygens (including phenoxy) is 1. The molecule has 0 spiro atoms. The van der Waals surface area contributed by atoms with Crippen LogP contribution in [0, 0.1) is 6.92 Å². The third kappa shape index (κ3) is 5.33. The smallest absolute Gasteiger partial charge is 0.255 e. The molecule has 1 aliphatic heterocycles. The van der Waals surface area contributed by atoms with Gasteiger partial charge in [0.2, 0.25) is 0 Å². The predicted molar refractivity (Wildman–Crippen MR) is 120 cm³/mol. The van der Waals surface area contributed by atoms with E-state index in [9.17, 15) is 4.79 Å². The zero-order valence-corrected chi connectivity index (χ0v) is 18.5. The lowest BCUT2D eigenvalue weighted by atomic mass is 10.2. The topological polar surface area (TPSA) is 80.5 Å². The Morgan fingerprint density at radius 3 is 2.81 bits per heavy atom. The summed E-state index contributed by atoms with van der Waals surface area (Å²) in [6.45, 7) is 5.46. The van der Waals surface area contributed by atoms with Crippen molar-refractivity contribution in [3.8, 4) is 11.6 Å². The summed E-state index contributed by atoms with van der Waals surface area (Å²) in [6.07, 6.45) is 3.43. The van der Waals surface area contributed by atoms with E-state index >= 15 is 0 Å². The standard InChI is InChI=1S/C23H26N4O3S/c1-16-20(23(31-2)26-21(25-16)19-9-6-11-30-19)22(28)24-13-18-15-27(10-12-29-18)14-17-7-4-3-5-8-17/h3-9,11,18H,10,12-15H2,1-2H3,(H,24,28). The highest BCUT2D eigenvalue weighted by atomic mass is 32.2. The van der Waals surface area contributed by atoms with Crippen molar-refractivity contribution in [2.45, 2.75) is 24.6 Å². The van der Waals surface area contributed by atoms with Crippen molar-refractivity contribution in [2.75, 3.05) is 32.5 Å². The fourth-order valence-corrected chi connectivity index (χ4v) is 4.28. The fraction of sp³-hybridized carbons (Fsp3) is 0.348. The molecule has 1 atom stereocenters. The van der Waals surface area contributed by atoms with Gasteiger partial charge in [-0.1, -0.05) is 30.3 Å². The lowest BCUT2D eigenvalue weighted by Gasteiger charge is -2.33. The molecule has 3 heterocycles. The molecule has 1 amide bonds. The molecule has 1 aromatic carbocycles. The van der Waals surface area contributed by atoms with E-state index in [1.807, 2.05) is 19.2 Å². The molecule has 4 rings (SSSR count). The van der Waals surface area contributed by atoms with Crippen LogP contribution in [0.4, 0.5) is 0 Å². The highest BCUT2D eigenvalue weighted by molar-refractivity contribution is 7.98. The van der Waals surface area contributed by atoms with E-state index in [1.165, 1.54) is 17.3 Å². The number of carbonyl (C=O) groups is 1. The zero-order valence-electron chi connectivity index (χ0n) is 17.7. The molecule has 0 saturated carbocycles. The van der Waals surface area contributed by atoms with Gasteiger partial charge in [-0.2, -0.15) is 0 Å². The number of thioether (sulfide) groups is 1. The molecule has 1 saturated heterocycles. The first kappa shape index (κ1) is 21.5.